The lowest BCUT2D eigenvalue weighted by molar-refractivity contribution is -0.112. The van der Waals surface area contributed by atoms with Gasteiger partial charge in [0.15, 0.2) is 0 Å². The average molecular weight is 521 g/mol. The van der Waals surface area contributed by atoms with E-state index in [1.54, 1.807) is 18.2 Å². The number of nitrogens with one attached hydrogen (secondary N) is 1. The maximum atomic E-state index is 12.5. The van der Waals surface area contributed by atoms with Crippen LogP contribution >= 0.6 is 50.7 Å². The Morgan fingerprint density at radius 2 is 1.73 bits per heavy atom. The van der Waals surface area contributed by atoms with Gasteiger partial charge < -0.3 is 5.32 Å². The van der Waals surface area contributed by atoms with Gasteiger partial charge in [-0.1, -0.05) is 81.1 Å². The average Bonchev–Trinajstić information content (AvgIpc) is 2.72. The third-order valence-electron chi connectivity index (χ3n) is 4.27. The molecule has 0 fully saturated rings. The van der Waals surface area contributed by atoms with Gasteiger partial charge in [-0.05, 0) is 53.1 Å². The number of nitrogens with zero attached hydrogens (tertiary/aromatic N) is 1. The van der Waals surface area contributed by atoms with Crippen molar-refractivity contribution in [2.75, 3.05) is 5.32 Å². The Kier molecular flexibility index (Phi) is 7.58. The largest absolute Gasteiger partial charge is 0.321 e. The van der Waals surface area contributed by atoms with Crippen LogP contribution in [0, 0.1) is 11.3 Å². The summed E-state index contributed by atoms with van der Waals surface area (Å²) in [5.74, 6) is -0.552. The van der Waals surface area contributed by atoms with E-state index in [0.29, 0.717) is 32.7 Å². The zero-order valence-electron chi connectivity index (χ0n) is 15.4. The number of carbonyl (C=O) groups is 1. The number of rotatable bonds is 5. The Morgan fingerprint density at radius 1 is 0.967 bits per heavy atom. The molecule has 0 aromatic heterocycles. The highest BCUT2D eigenvalue weighted by Gasteiger charge is 2.12. The van der Waals surface area contributed by atoms with E-state index < -0.39 is 5.91 Å². The van der Waals surface area contributed by atoms with E-state index in [4.69, 9.17) is 34.8 Å². The second-order valence-corrected chi connectivity index (χ2v) is 8.45. The molecule has 0 bridgehead atoms. The highest BCUT2D eigenvalue weighted by atomic mass is 79.9. The van der Waals surface area contributed by atoms with Gasteiger partial charge in [-0.25, -0.2) is 0 Å². The second kappa shape index (κ2) is 10.1. The van der Waals surface area contributed by atoms with Crippen LogP contribution in [-0.4, -0.2) is 5.91 Å². The van der Waals surface area contributed by atoms with Crippen LogP contribution in [0.3, 0.4) is 0 Å². The molecule has 0 atom stereocenters. The summed E-state index contributed by atoms with van der Waals surface area (Å²) in [7, 11) is 0. The molecule has 0 aliphatic heterocycles. The SMILES string of the molecule is N#C/C(=C\c1ccc(Cc2ccccc2Br)c(Cl)c1)C(=O)Nc1ccc(Cl)c(Cl)c1. The third kappa shape index (κ3) is 5.65. The van der Waals surface area contributed by atoms with Crippen molar-refractivity contribution in [3.05, 3.63) is 102 Å². The molecule has 150 valence electrons. The van der Waals surface area contributed by atoms with Crippen molar-refractivity contribution in [1.29, 1.82) is 5.26 Å². The van der Waals surface area contributed by atoms with Gasteiger partial charge in [0.1, 0.15) is 11.6 Å². The summed E-state index contributed by atoms with van der Waals surface area (Å²) in [5.41, 5.74) is 3.09. The smallest absolute Gasteiger partial charge is 0.266 e. The van der Waals surface area contributed by atoms with Crippen LogP contribution < -0.4 is 5.32 Å². The van der Waals surface area contributed by atoms with E-state index in [1.165, 1.54) is 12.1 Å². The first kappa shape index (κ1) is 22.4. The Morgan fingerprint density at radius 3 is 2.40 bits per heavy atom. The molecule has 1 N–H and O–H groups in total. The maximum absolute atomic E-state index is 12.5. The van der Waals surface area contributed by atoms with Crippen LogP contribution in [0.2, 0.25) is 15.1 Å². The van der Waals surface area contributed by atoms with Gasteiger partial charge in [0.2, 0.25) is 0 Å². The summed E-state index contributed by atoms with van der Waals surface area (Å²) >= 11 is 21.8. The molecule has 3 aromatic rings. The molecular formula is C23H14BrCl3N2O. The fourth-order valence-electron chi connectivity index (χ4n) is 2.73. The van der Waals surface area contributed by atoms with Crippen LogP contribution in [0.4, 0.5) is 5.69 Å². The lowest BCUT2D eigenvalue weighted by atomic mass is 10.0. The number of hydrogen-bond donors (Lipinski definition) is 1. The number of amides is 1. The topological polar surface area (TPSA) is 52.9 Å². The van der Waals surface area contributed by atoms with Gasteiger partial charge in [-0.3, -0.25) is 4.79 Å². The Hall–Kier alpha value is -2.29. The monoisotopic (exact) mass is 518 g/mol. The molecule has 3 rings (SSSR count). The van der Waals surface area contributed by atoms with Crippen LogP contribution in [0.25, 0.3) is 6.08 Å². The van der Waals surface area contributed by atoms with Crippen LogP contribution in [0.5, 0.6) is 0 Å². The first-order valence-corrected chi connectivity index (χ1v) is 10.7. The fraction of sp³-hybridized carbons (Fsp3) is 0.0435. The van der Waals surface area contributed by atoms with Crippen molar-refractivity contribution < 1.29 is 4.79 Å². The molecule has 30 heavy (non-hydrogen) atoms. The number of nitriles is 1. The minimum absolute atomic E-state index is 0.0595. The number of anilines is 1. The summed E-state index contributed by atoms with van der Waals surface area (Å²) in [5, 5.41) is 13.3. The number of carbonyl (C=O) groups excluding carboxylic acids is 1. The molecule has 3 aromatic carbocycles. The van der Waals surface area contributed by atoms with Gasteiger partial charge in [0.05, 0.1) is 10.0 Å². The van der Waals surface area contributed by atoms with E-state index in [9.17, 15) is 10.1 Å². The summed E-state index contributed by atoms with van der Waals surface area (Å²) in [4.78, 5) is 12.5. The highest BCUT2D eigenvalue weighted by Crippen LogP contribution is 2.27. The highest BCUT2D eigenvalue weighted by molar-refractivity contribution is 9.10. The Bertz CT molecular complexity index is 1190. The van der Waals surface area contributed by atoms with Gasteiger partial charge in [0, 0.05) is 21.6 Å². The lowest BCUT2D eigenvalue weighted by Gasteiger charge is -2.08. The normalized spacial score (nSPS) is 11.1. The van der Waals surface area contributed by atoms with Crippen molar-refractivity contribution in [3.63, 3.8) is 0 Å². The van der Waals surface area contributed by atoms with Crippen molar-refractivity contribution in [2.24, 2.45) is 0 Å². The summed E-state index contributed by atoms with van der Waals surface area (Å²) in [6, 6.07) is 20.0. The maximum Gasteiger partial charge on any atom is 0.266 e. The Balaban J connectivity index is 1.79. The zero-order valence-corrected chi connectivity index (χ0v) is 19.3. The van der Waals surface area contributed by atoms with E-state index in [1.807, 2.05) is 42.5 Å². The van der Waals surface area contributed by atoms with E-state index in [0.717, 1.165) is 15.6 Å². The fourth-order valence-corrected chi connectivity index (χ4v) is 3.71. The molecule has 0 spiro atoms. The number of hydrogen-bond acceptors (Lipinski definition) is 2. The quantitative estimate of drug-likeness (QED) is 0.279. The number of halogens is 4. The predicted octanol–water partition coefficient (Wildman–Crippen LogP) is 7.55. The van der Waals surface area contributed by atoms with Crippen molar-refractivity contribution in [1.82, 2.24) is 0 Å². The van der Waals surface area contributed by atoms with Gasteiger partial charge in [0.25, 0.3) is 5.91 Å². The second-order valence-electron chi connectivity index (χ2n) is 6.37. The zero-order chi connectivity index (χ0) is 21.7. The minimum atomic E-state index is -0.552. The summed E-state index contributed by atoms with van der Waals surface area (Å²) in [6.45, 7) is 0. The van der Waals surface area contributed by atoms with Crippen LogP contribution in [0.1, 0.15) is 16.7 Å². The molecular weight excluding hydrogens is 507 g/mol. The molecule has 0 aliphatic carbocycles. The van der Waals surface area contributed by atoms with Gasteiger partial charge >= 0.3 is 0 Å². The van der Waals surface area contributed by atoms with Gasteiger partial charge in [-0.15, -0.1) is 0 Å². The van der Waals surface area contributed by atoms with Crippen molar-refractivity contribution in [3.8, 4) is 6.07 Å². The van der Waals surface area contributed by atoms with E-state index in [2.05, 4.69) is 21.2 Å². The van der Waals surface area contributed by atoms with Crippen molar-refractivity contribution >= 4 is 68.4 Å². The molecule has 0 heterocycles. The lowest BCUT2D eigenvalue weighted by Crippen LogP contribution is -2.13. The van der Waals surface area contributed by atoms with E-state index >= 15 is 0 Å². The predicted molar refractivity (Wildman–Crippen MR) is 127 cm³/mol. The standard InChI is InChI=1S/C23H14BrCl3N2O/c24-19-4-2-1-3-15(19)11-16-6-5-14(10-21(16)26)9-17(13-28)23(30)29-18-7-8-20(25)22(27)12-18/h1-10,12H,11H2,(H,29,30)/b17-9+. The molecule has 0 aliphatic rings. The molecule has 0 radical (unpaired) electrons. The summed E-state index contributed by atoms with van der Waals surface area (Å²) in [6.07, 6.45) is 2.15. The number of benzene rings is 3. The molecule has 0 saturated heterocycles. The van der Waals surface area contributed by atoms with E-state index in [-0.39, 0.29) is 5.57 Å². The van der Waals surface area contributed by atoms with Crippen LogP contribution in [-0.2, 0) is 11.2 Å². The minimum Gasteiger partial charge on any atom is -0.321 e. The van der Waals surface area contributed by atoms with Gasteiger partial charge in [-0.2, -0.15) is 5.26 Å². The molecule has 3 nitrogen and oxygen atoms in total. The first-order chi connectivity index (χ1) is 14.4. The summed E-state index contributed by atoms with van der Waals surface area (Å²) < 4.78 is 1.01. The molecule has 1 amide bonds. The van der Waals surface area contributed by atoms with Crippen molar-refractivity contribution in [2.45, 2.75) is 6.42 Å². The van der Waals surface area contributed by atoms with Crippen LogP contribution in [0.15, 0.2) is 70.7 Å². The molecule has 0 unspecified atom stereocenters. The molecule has 7 heteroatoms. The first-order valence-electron chi connectivity index (χ1n) is 8.77. The Labute approximate surface area is 198 Å². The molecule has 0 saturated carbocycles. The third-order valence-corrected chi connectivity index (χ3v) is 6.13.